The Balaban J connectivity index is 1.68. The van der Waals surface area contributed by atoms with E-state index in [9.17, 15) is 5.11 Å². The van der Waals surface area contributed by atoms with Crippen molar-refractivity contribution in [2.45, 2.75) is 51.4 Å². The van der Waals surface area contributed by atoms with E-state index in [1.807, 2.05) is 6.07 Å². The highest BCUT2D eigenvalue weighted by Gasteiger charge is 2.51. The first kappa shape index (κ1) is 13.1. The molecule has 1 aliphatic carbocycles. The predicted molar refractivity (Wildman–Crippen MR) is 76.0 cm³/mol. The van der Waals surface area contributed by atoms with E-state index in [-0.39, 0.29) is 24.2 Å². The molecule has 104 valence electrons. The number of aliphatic hydroxyl groups excluding tert-OH is 1. The first-order valence-corrected chi connectivity index (χ1v) is 7.48. The second-order valence-electron chi connectivity index (χ2n) is 6.39. The summed E-state index contributed by atoms with van der Waals surface area (Å²) in [5.41, 5.74) is 1.37. The smallest absolute Gasteiger partial charge is 0.0630 e. The molecule has 2 aliphatic rings. The summed E-state index contributed by atoms with van der Waals surface area (Å²) in [7, 11) is 0. The maximum absolute atomic E-state index is 10.7. The van der Waals surface area contributed by atoms with E-state index in [0.717, 1.165) is 6.42 Å². The highest BCUT2D eigenvalue weighted by atomic mass is 16.5. The summed E-state index contributed by atoms with van der Waals surface area (Å²) >= 11 is 0. The average molecular weight is 260 g/mol. The first-order valence-electron chi connectivity index (χ1n) is 7.48. The summed E-state index contributed by atoms with van der Waals surface area (Å²) in [6.07, 6.45) is 1.34. The highest BCUT2D eigenvalue weighted by molar-refractivity contribution is 5.26. The van der Waals surface area contributed by atoms with E-state index in [1.54, 1.807) is 0 Å². The van der Waals surface area contributed by atoms with Gasteiger partial charge < -0.3 is 9.84 Å². The number of hydrogen-bond donors (Lipinski definition) is 1. The van der Waals surface area contributed by atoms with Gasteiger partial charge in [0.15, 0.2) is 0 Å². The van der Waals surface area contributed by atoms with Crippen LogP contribution in [0.15, 0.2) is 30.3 Å². The standard InChI is InChI=1S/C17H24O2/c1-10-11(2)19-12(3)16(10)17(18)15-9-14(15)13-7-5-4-6-8-13/h4-8,10-12,14-18H,9H2,1-3H3. The molecule has 1 aromatic rings. The summed E-state index contributed by atoms with van der Waals surface area (Å²) in [6.45, 7) is 6.44. The van der Waals surface area contributed by atoms with Gasteiger partial charge in [0, 0.05) is 5.92 Å². The van der Waals surface area contributed by atoms with Gasteiger partial charge in [0.2, 0.25) is 0 Å². The second kappa shape index (κ2) is 4.92. The van der Waals surface area contributed by atoms with Gasteiger partial charge in [-0.15, -0.1) is 0 Å². The van der Waals surface area contributed by atoms with E-state index in [0.29, 0.717) is 17.8 Å². The van der Waals surface area contributed by atoms with Crippen LogP contribution in [0.1, 0.15) is 38.7 Å². The van der Waals surface area contributed by atoms with Crippen molar-refractivity contribution in [1.29, 1.82) is 0 Å². The number of aliphatic hydroxyl groups is 1. The lowest BCUT2D eigenvalue weighted by Gasteiger charge is -2.25. The van der Waals surface area contributed by atoms with Crippen LogP contribution in [0.3, 0.4) is 0 Å². The van der Waals surface area contributed by atoms with Crippen LogP contribution >= 0.6 is 0 Å². The Bertz CT molecular complexity index is 430. The Labute approximate surface area is 115 Å². The van der Waals surface area contributed by atoms with Crippen LogP contribution in [0.5, 0.6) is 0 Å². The van der Waals surface area contributed by atoms with Crippen molar-refractivity contribution >= 4 is 0 Å². The van der Waals surface area contributed by atoms with Crippen LogP contribution < -0.4 is 0 Å². The third-order valence-electron chi connectivity index (χ3n) is 5.22. The molecular formula is C17H24O2. The zero-order chi connectivity index (χ0) is 13.6. The van der Waals surface area contributed by atoms with Gasteiger partial charge in [-0.25, -0.2) is 0 Å². The summed E-state index contributed by atoms with van der Waals surface area (Å²) in [5, 5.41) is 10.7. The Kier molecular flexibility index (Phi) is 3.40. The molecule has 0 aromatic heterocycles. The van der Waals surface area contributed by atoms with Crippen molar-refractivity contribution in [3.63, 3.8) is 0 Å². The van der Waals surface area contributed by atoms with Gasteiger partial charge in [-0.1, -0.05) is 37.3 Å². The molecule has 19 heavy (non-hydrogen) atoms. The second-order valence-corrected chi connectivity index (χ2v) is 6.39. The zero-order valence-electron chi connectivity index (χ0n) is 12.0. The van der Waals surface area contributed by atoms with Gasteiger partial charge in [0.05, 0.1) is 18.3 Å². The quantitative estimate of drug-likeness (QED) is 0.904. The van der Waals surface area contributed by atoms with Crippen LogP contribution in [0.2, 0.25) is 0 Å². The summed E-state index contributed by atoms with van der Waals surface area (Å²) < 4.78 is 5.87. The van der Waals surface area contributed by atoms with Gasteiger partial charge in [0.1, 0.15) is 0 Å². The number of benzene rings is 1. The molecule has 7 atom stereocenters. The van der Waals surface area contributed by atoms with E-state index < -0.39 is 0 Å². The summed E-state index contributed by atoms with van der Waals surface area (Å²) in [6, 6.07) is 10.6. The average Bonchev–Trinajstić information content (AvgIpc) is 3.15. The van der Waals surface area contributed by atoms with Crippen LogP contribution in [0.4, 0.5) is 0 Å². The van der Waals surface area contributed by atoms with Crippen molar-refractivity contribution < 1.29 is 9.84 Å². The van der Waals surface area contributed by atoms with E-state index >= 15 is 0 Å². The molecule has 0 radical (unpaired) electrons. The van der Waals surface area contributed by atoms with Gasteiger partial charge in [-0.3, -0.25) is 0 Å². The minimum absolute atomic E-state index is 0.178. The molecule has 2 nitrogen and oxygen atoms in total. The molecule has 0 bridgehead atoms. The van der Waals surface area contributed by atoms with Crippen LogP contribution in [-0.4, -0.2) is 23.4 Å². The summed E-state index contributed by atoms with van der Waals surface area (Å²) in [5.74, 6) is 1.70. The van der Waals surface area contributed by atoms with Gasteiger partial charge in [0.25, 0.3) is 0 Å². The topological polar surface area (TPSA) is 29.5 Å². The number of rotatable bonds is 3. The predicted octanol–water partition coefficient (Wildman–Crippen LogP) is 3.21. The molecule has 2 fully saturated rings. The Morgan fingerprint density at radius 1 is 1.11 bits per heavy atom. The molecule has 7 unspecified atom stereocenters. The molecule has 1 heterocycles. The molecule has 1 N–H and O–H groups in total. The lowest BCUT2D eigenvalue weighted by Crippen LogP contribution is -2.32. The fourth-order valence-corrected chi connectivity index (χ4v) is 3.84. The van der Waals surface area contributed by atoms with Crippen molar-refractivity contribution in [2.75, 3.05) is 0 Å². The number of ether oxygens (including phenoxy) is 1. The largest absolute Gasteiger partial charge is 0.392 e. The van der Waals surface area contributed by atoms with E-state index in [1.165, 1.54) is 5.56 Å². The fourth-order valence-electron chi connectivity index (χ4n) is 3.84. The SMILES string of the molecule is CC1OC(C)C(C(O)C2CC2c2ccccc2)C1C. The number of hydrogen-bond acceptors (Lipinski definition) is 2. The van der Waals surface area contributed by atoms with E-state index in [4.69, 9.17) is 4.74 Å². The van der Waals surface area contributed by atoms with Crippen LogP contribution in [0, 0.1) is 17.8 Å². The minimum atomic E-state index is -0.222. The van der Waals surface area contributed by atoms with Crippen molar-refractivity contribution in [3.8, 4) is 0 Å². The lowest BCUT2D eigenvalue weighted by molar-refractivity contribution is 0.0153. The molecule has 1 aromatic carbocycles. The van der Waals surface area contributed by atoms with Crippen LogP contribution in [-0.2, 0) is 4.74 Å². The minimum Gasteiger partial charge on any atom is -0.392 e. The molecule has 1 aliphatic heterocycles. The highest BCUT2D eigenvalue weighted by Crippen LogP contribution is 2.53. The third-order valence-corrected chi connectivity index (χ3v) is 5.22. The van der Waals surface area contributed by atoms with Crippen molar-refractivity contribution in [2.24, 2.45) is 17.8 Å². The lowest BCUT2D eigenvalue weighted by atomic mass is 9.82. The normalized spacial score (nSPS) is 43.2. The molecule has 1 saturated carbocycles. The van der Waals surface area contributed by atoms with Crippen molar-refractivity contribution in [1.82, 2.24) is 0 Å². The molecule has 0 spiro atoms. The Hall–Kier alpha value is -0.860. The van der Waals surface area contributed by atoms with E-state index in [2.05, 4.69) is 45.0 Å². The molecular weight excluding hydrogens is 236 g/mol. The van der Waals surface area contributed by atoms with Crippen molar-refractivity contribution in [3.05, 3.63) is 35.9 Å². The maximum atomic E-state index is 10.7. The molecule has 0 amide bonds. The van der Waals surface area contributed by atoms with Gasteiger partial charge >= 0.3 is 0 Å². The van der Waals surface area contributed by atoms with Gasteiger partial charge in [-0.2, -0.15) is 0 Å². The third kappa shape index (κ3) is 2.32. The zero-order valence-corrected chi connectivity index (χ0v) is 12.0. The maximum Gasteiger partial charge on any atom is 0.0630 e. The summed E-state index contributed by atoms with van der Waals surface area (Å²) in [4.78, 5) is 0. The molecule has 2 heteroatoms. The Morgan fingerprint density at radius 3 is 2.37 bits per heavy atom. The van der Waals surface area contributed by atoms with Gasteiger partial charge in [-0.05, 0) is 43.6 Å². The monoisotopic (exact) mass is 260 g/mol. The molecule has 3 rings (SSSR count). The first-order chi connectivity index (χ1) is 9.09. The molecule has 1 saturated heterocycles. The Morgan fingerprint density at radius 2 is 1.79 bits per heavy atom. The van der Waals surface area contributed by atoms with Crippen LogP contribution in [0.25, 0.3) is 0 Å². The fraction of sp³-hybridized carbons (Fsp3) is 0.647.